The van der Waals surface area contributed by atoms with Crippen LogP contribution in [0.5, 0.6) is 0 Å². The van der Waals surface area contributed by atoms with Crippen LogP contribution < -0.4 is 0 Å². The molecule has 3 heteroatoms. The SMILES string of the molecule is CCCCc1ccc(/C(Cl)=C/c2ccc(Br)cc2)cc1.CCCCc1ccc(C#Cc2ccc(Br)cc2)cc1. The molecule has 4 aromatic carbocycles. The van der Waals surface area contributed by atoms with Crippen LogP contribution in [0.4, 0.5) is 0 Å². The molecule has 0 N–H and O–H groups in total. The first-order valence-electron chi connectivity index (χ1n) is 13.6. The summed E-state index contributed by atoms with van der Waals surface area (Å²) in [5.74, 6) is 6.38. The molecule has 0 bridgehead atoms. The highest BCUT2D eigenvalue weighted by Crippen LogP contribution is 2.24. The standard InChI is InChI=1S/C18H18BrCl.C18H17Br/c1-2-3-4-14-5-9-16(10-6-14)18(20)13-15-7-11-17(19)12-8-15;1-2-3-4-15-5-7-16(8-6-15)9-10-17-11-13-18(19)14-12-17/h5-13H,2-4H2,1H3;5-8,11-14H,2-4H2,1H3/b18-13-;. The van der Waals surface area contributed by atoms with Crippen LogP contribution in [0.2, 0.25) is 0 Å². The molecular formula is C36H35Br2Cl. The summed E-state index contributed by atoms with van der Waals surface area (Å²) in [4.78, 5) is 0. The fourth-order valence-corrected chi connectivity index (χ4v) is 4.59. The molecule has 0 saturated carbocycles. The van der Waals surface area contributed by atoms with Crippen LogP contribution in [0.15, 0.2) is 106 Å². The molecule has 4 rings (SSSR count). The maximum absolute atomic E-state index is 6.39. The molecule has 0 aliphatic carbocycles. The Hall–Kier alpha value is -2.57. The van der Waals surface area contributed by atoms with Gasteiger partial charge in [0.05, 0.1) is 0 Å². The molecule has 0 amide bonds. The van der Waals surface area contributed by atoms with Crippen molar-refractivity contribution in [2.24, 2.45) is 0 Å². The first-order chi connectivity index (χ1) is 19.0. The fraction of sp³-hybridized carbons (Fsp3) is 0.222. The van der Waals surface area contributed by atoms with E-state index in [4.69, 9.17) is 11.6 Å². The van der Waals surface area contributed by atoms with E-state index in [1.54, 1.807) is 0 Å². The third-order valence-electron chi connectivity index (χ3n) is 6.18. The monoisotopic (exact) mass is 660 g/mol. The van der Waals surface area contributed by atoms with E-state index in [9.17, 15) is 0 Å². The van der Waals surface area contributed by atoms with Crippen LogP contribution >= 0.6 is 43.5 Å². The van der Waals surface area contributed by atoms with Gasteiger partial charge in [-0.25, -0.2) is 0 Å². The Morgan fingerprint density at radius 2 is 1.03 bits per heavy atom. The summed E-state index contributed by atoms with van der Waals surface area (Å²) < 4.78 is 2.16. The fourth-order valence-electron chi connectivity index (χ4n) is 3.81. The first-order valence-corrected chi connectivity index (χ1v) is 15.5. The molecule has 0 spiro atoms. The zero-order chi connectivity index (χ0) is 27.9. The minimum Gasteiger partial charge on any atom is -0.0837 e. The Balaban J connectivity index is 0.000000216. The van der Waals surface area contributed by atoms with Crippen molar-refractivity contribution in [3.63, 3.8) is 0 Å². The highest BCUT2D eigenvalue weighted by Gasteiger charge is 2.00. The molecule has 0 aliphatic rings. The van der Waals surface area contributed by atoms with Gasteiger partial charge < -0.3 is 0 Å². The largest absolute Gasteiger partial charge is 0.0837 e. The van der Waals surface area contributed by atoms with Gasteiger partial charge in [-0.2, -0.15) is 0 Å². The van der Waals surface area contributed by atoms with Crippen LogP contribution in [0.3, 0.4) is 0 Å². The second-order valence-corrected chi connectivity index (χ2v) is 11.6. The van der Waals surface area contributed by atoms with E-state index in [-0.39, 0.29) is 0 Å². The maximum Gasteiger partial charge on any atom is 0.0484 e. The van der Waals surface area contributed by atoms with Gasteiger partial charge in [0.2, 0.25) is 0 Å². The average molecular weight is 663 g/mol. The van der Waals surface area contributed by atoms with E-state index >= 15 is 0 Å². The Morgan fingerprint density at radius 1 is 0.615 bits per heavy atom. The number of hydrogen-bond acceptors (Lipinski definition) is 0. The summed E-state index contributed by atoms with van der Waals surface area (Å²) >= 11 is 13.2. The predicted molar refractivity (Wildman–Crippen MR) is 178 cm³/mol. The lowest BCUT2D eigenvalue weighted by Gasteiger charge is -2.03. The summed E-state index contributed by atoms with van der Waals surface area (Å²) in [7, 11) is 0. The number of halogens is 3. The van der Waals surface area contributed by atoms with E-state index in [0.29, 0.717) is 0 Å². The van der Waals surface area contributed by atoms with Crippen molar-refractivity contribution in [3.8, 4) is 11.8 Å². The highest BCUT2D eigenvalue weighted by atomic mass is 79.9. The number of unbranched alkanes of at least 4 members (excludes halogenated alkanes) is 2. The van der Waals surface area contributed by atoms with Gasteiger partial charge >= 0.3 is 0 Å². The molecule has 0 saturated heterocycles. The van der Waals surface area contributed by atoms with Gasteiger partial charge in [0.1, 0.15) is 0 Å². The van der Waals surface area contributed by atoms with E-state index in [1.807, 2.05) is 54.6 Å². The lowest BCUT2D eigenvalue weighted by molar-refractivity contribution is 0.795. The van der Waals surface area contributed by atoms with E-state index < -0.39 is 0 Å². The van der Waals surface area contributed by atoms with Crippen LogP contribution in [0.25, 0.3) is 11.1 Å². The van der Waals surface area contributed by atoms with Crippen LogP contribution in [0, 0.1) is 11.8 Å². The summed E-state index contributed by atoms with van der Waals surface area (Å²) in [6.07, 6.45) is 9.26. The average Bonchev–Trinajstić information content (AvgIpc) is 2.97. The summed E-state index contributed by atoms with van der Waals surface area (Å²) in [6, 6.07) is 33.3. The van der Waals surface area contributed by atoms with E-state index in [1.165, 1.54) is 36.8 Å². The molecule has 0 heterocycles. The topological polar surface area (TPSA) is 0 Å². The lowest BCUT2D eigenvalue weighted by atomic mass is 10.1. The van der Waals surface area contributed by atoms with Crippen molar-refractivity contribution >= 4 is 54.6 Å². The zero-order valence-corrected chi connectivity index (χ0v) is 26.6. The van der Waals surface area contributed by atoms with Crippen LogP contribution in [-0.4, -0.2) is 0 Å². The number of hydrogen-bond donors (Lipinski definition) is 0. The Morgan fingerprint density at radius 3 is 1.49 bits per heavy atom. The van der Waals surface area contributed by atoms with Gasteiger partial charge in [0.15, 0.2) is 0 Å². The molecule has 0 aromatic heterocycles. The third-order valence-corrected chi connectivity index (χ3v) is 7.57. The molecular weight excluding hydrogens is 628 g/mol. The van der Waals surface area contributed by atoms with Crippen LogP contribution in [0.1, 0.15) is 72.9 Å². The van der Waals surface area contributed by atoms with Gasteiger partial charge in [0.25, 0.3) is 0 Å². The van der Waals surface area contributed by atoms with Gasteiger partial charge in [-0.3, -0.25) is 0 Å². The summed E-state index contributed by atoms with van der Waals surface area (Å²) in [6.45, 7) is 4.43. The molecule has 0 fully saturated rings. The van der Waals surface area contributed by atoms with Crippen molar-refractivity contribution in [2.45, 2.75) is 52.4 Å². The van der Waals surface area contributed by atoms with Gasteiger partial charge in [-0.05, 0) is 103 Å². The second kappa shape index (κ2) is 17.2. The minimum atomic E-state index is 0.773. The second-order valence-electron chi connectivity index (χ2n) is 9.40. The van der Waals surface area contributed by atoms with Crippen LogP contribution in [-0.2, 0) is 12.8 Å². The molecule has 0 aliphatic heterocycles. The van der Waals surface area contributed by atoms with Crippen molar-refractivity contribution < 1.29 is 0 Å². The Kier molecular flexibility index (Phi) is 13.6. The zero-order valence-electron chi connectivity index (χ0n) is 22.7. The van der Waals surface area contributed by atoms with Gasteiger partial charge in [0, 0.05) is 25.1 Å². The first kappa shape index (κ1) is 31.0. The van der Waals surface area contributed by atoms with Crippen molar-refractivity contribution in [1.29, 1.82) is 0 Å². The van der Waals surface area contributed by atoms with E-state index in [0.717, 1.165) is 49.1 Å². The van der Waals surface area contributed by atoms with Gasteiger partial charge in [-0.1, -0.05) is 131 Å². The molecule has 0 nitrogen and oxygen atoms in total. The number of aryl methyl sites for hydroxylation is 2. The quantitative estimate of drug-likeness (QED) is 0.130. The lowest BCUT2D eigenvalue weighted by Crippen LogP contribution is -1.85. The maximum atomic E-state index is 6.39. The predicted octanol–water partition coefficient (Wildman–Crippen LogP) is 11.7. The molecule has 0 radical (unpaired) electrons. The normalized spacial score (nSPS) is 10.7. The number of benzene rings is 4. The molecule has 39 heavy (non-hydrogen) atoms. The number of rotatable bonds is 8. The summed E-state index contributed by atoms with van der Waals surface area (Å²) in [5, 5.41) is 0.773. The molecule has 4 aromatic rings. The van der Waals surface area contributed by atoms with Crippen molar-refractivity contribution in [2.75, 3.05) is 0 Å². The molecule has 200 valence electrons. The smallest absolute Gasteiger partial charge is 0.0484 e. The Bertz CT molecular complexity index is 1360. The van der Waals surface area contributed by atoms with Crippen molar-refractivity contribution in [1.82, 2.24) is 0 Å². The summed E-state index contributed by atoms with van der Waals surface area (Å²) in [5.41, 5.74) is 7.06. The molecule has 0 unspecified atom stereocenters. The van der Waals surface area contributed by atoms with Gasteiger partial charge in [-0.15, -0.1) is 0 Å². The minimum absolute atomic E-state index is 0.773. The van der Waals surface area contributed by atoms with E-state index in [2.05, 4.69) is 106 Å². The molecule has 0 atom stereocenters. The highest BCUT2D eigenvalue weighted by molar-refractivity contribution is 9.10. The van der Waals surface area contributed by atoms with Crippen molar-refractivity contribution in [3.05, 3.63) is 139 Å². The third kappa shape index (κ3) is 11.6. The Labute approximate surface area is 256 Å².